The summed E-state index contributed by atoms with van der Waals surface area (Å²) in [6.07, 6.45) is 2.46. The topological polar surface area (TPSA) is 59.1 Å². The quantitative estimate of drug-likeness (QED) is 0.833. The molecule has 1 aromatic heterocycles. The van der Waals surface area contributed by atoms with Gasteiger partial charge in [-0.3, -0.25) is 0 Å². The van der Waals surface area contributed by atoms with Crippen LogP contribution in [0.3, 0.4) is 0 Å². The zero-order valence-electron chi connectivity index (χ0n) is 12.8. The lowest BCUT2D eigenvalue weighted by Crippen LogP contribution is -2.19. The van der Waals surface area contributed by atoms with E-state index in [1.54, 1.807) is 6.07 Å². The van der Waals surface area contributed by atoms with Crippen molar-refractivity contribution in [3.05, 3.63) is 40.1 Å². The Morgan fingerprint density at radius 2 is 2.09 bits per heavy atom. The van der Waals surface area contributed by atoms with E-state index in [0.29, 0.717) is 27.4 Å². The molecule has 23 heavy (non-hydrogen) atoms. The van der Waals surface area contributed by atoms with Crippen molar-refractivity contribution < 1.29 is 4.74 Å². The molecule has 1 aliphatic heterocycles. The van der Waals surface area contributed by atoms with E-state index in [0.717, 1.165) is 31.8 Å². The predicted molar refractivity (Wildman–Crippen MR) is 94.0 cm³/mol. The van der Waals surface area contributed by atoms with Gasteiger partial charge < -0.3 is 15.4 Å². The highest BCUT2D eigenvalue weighted by molar-refractivity contribution is 6.43. The van der Waals surface area contributed by atoms with Crippen molar-refractivity contribution in [3.8, 4) is 0 Å². The van der Waals surface area contributed by atoms with Gasteiger partial charge in [0.05, 0.1) is 21.8 Å². The van der Waals surface area contributed by atoms with Gasteiger partial charge in [-0.15, -0.1) is 0 Å². The summed E-state index contributed by atoms with van der Waals surface area (Å²) >= 11 is 12.2. The fraction of sp³-hybridized carbons (Fsp3) is 0.375. The summed E-state index contributed by atoms with van der Waals surface area (Å²) in [5, 5.41) is 7.46. The molecule has 1 unspecified atom stereocenters. The highest BCUT2D eigenvalue weighted by Gasteiger charge is 2.15. The van der Waals surface area contributed by atoms with Crippen LogP contribution in [0.15, 0.2) is 24.3 Å². The second kappa shape index (κ2) is 7.34. The Labute approximate surface area is 145 Å². The number of benzene rings is 1. The molecular formula is C16H18Cl2N4O. The average molecular weight is 353 g/mol. The van der Waals surface area contributed by atoms with Crippen LogP contribution in [0, 0.1) is 6.92 Å². The lowest BCUT2D eigenvalue weighted by Gasteiger charge is -2.13. The molecule has 0 saturated carbocycles. The largest absolute Gasteiger partial charge is 0.376 e. The molecule has 0 aliphatic carbocycles. The molecule has 0 bridgehead atoms. The third kappa shape index (κ3) is 4.25. The summed E-state index contributed by atoms with van der Waals surface area (Å²) in [6, 6.07) is 7.28. The Bertz CT molecular complexity index is 690. The van der Waals surface area contributed by atoms with Gasteiger partial charge in [0.2, 0.25) is 0 Å². The molecule has 0 spiro atoms. The maximum Gasteiger partial charge on any atom is 0.136 e. The van der Waals surface area contributed by atoms with Gasteiger partial charge >= 0.3 is 0 Å². The normalized spacial score (nSPS) is 17.3. The van der Waals surface area contributed by atoms with Crippen LogP contribution in [0.4, 0.5) is 17.3 Å². The first-order chi connectivity index (χ1) is 11.1. The SMILES string of the molecule is Cc1nc(NCC2CCCO2)cc(Nc2cccc(Cl)c2Cl)n1. The van der Waals surface area contributed by atoms with Gasteiger partial charge in [0.25, 0.3) is 0 Å². The number of hydrogen-bond donors (Lipinski definition) is 2. The van der Waals surface area contributed by atoms with Gasteiger partial charge in [-0.25, -0.2) is 9.97 Å². The molecule has 3 rings (SSSR count). The van der Waals surface area contributed by atoms with E-state index in [9.17, 15) is 0 Å². The third-order valence-electron chi connectivity index (χ3n) is 3.59. The maximum absolute atomic E-state index is 6.20. The first-order valence-corrected chi connectivity index (χ1v) is 8.29. The summed E-state index contributed by atoms with van der Waals surface area (Å²) in [7, 11) is 0. The molecule has 5 nitrogen and oxygen atoms in total. The first kappa shape index (κ1) is 16.3. The van der Waals surface area contributed by atoms with Gasteiger partial charge in [0.15, 0.2) is 0 Å². The number of aromatic nitrogens is 2. The van der Waals surface area contributed by atoms with Crippen molar-refractivity contribution in [1.82, 2.24) is 9.97 Å². The fourth-order valence-electron chi connectivity index (χ4n) is 2.48. The summed E-state index contributed by atoms with van der Waals surface area (Å²) in [6.45, 7) is 3.44. The van der Waals surface area contributed by atoms with Crippen LogP contribution >= 0.6 is 23.2 Å². The molecular weight excluding hydrogens is 335 g/mol. The van der Waals surface area contributed by atoms with Crippen molar-refractivity contribution in [1.29, 1.82) is 0 Å². The standard InChI is InChI=1S/C16H18Cl2N4O/c1-10-20-14(19-9-11-4-3-7-23-11)8-15(21-10)22-13-6-2-5-12(17)16(13)18/h2,5-6,8,11H,3-4,7,9H2,1H3,(H2,19,20,21,22). The van der Waals surface area contributed by atoms with E-state index < -0.39 is 0 Å². The molecule has 2 N–H and O–H groups in total. The minimum absolute atomic E-state index is 0.254. The van der Waals surface area contributed by atoms with E-state index in [-0.39, 0.29) is 6.10 Å². The minimum Gasteiger partial charge on any atom is -0.376 e. The van der Waals surface area contributed by atoms with Gasteiger partial charge in [-0.05, 0) is 31.9 Å². The van der Waals surface area contributed by atoms with Gasteiger partial charge in [0, 0.05) is 19.2 Å². The number of anilines is 3. The van der Waals surface area contributed by atoms with Crippen molar-refractivity contribution in [2.75, 3.05) is 23.8 Å². The second-order valence-corrected chi connectivity index (χ2v) is 6.21. The number of halogens is 2. The minimum atomic E-state index is 0.254. The lowest BCUT2D eigenvalue weighted by molar-refractivity contribution is 0.120. The molecule has 1 fully saturated rings. The Balaban J connectivity index is 1.73. The van der Waals surface area contributed by atoms with Gasteiger partial charge in [0.1, 0.15) is 17.5 Å². The molecule has 1 saturated heterocycles. The molecule has 1 aliphatic rings. The van der Waals surface area contributed by atoms with Crippen LogP contribution in [0.5, 0.6) is 0 Å². The summed E-state index contributed by atoms with van der Waals surface area (Å²) in [4.78, 5) is 8.78. The van der Waals surface area contributed by atoms with E-state index >= 15 is 0 Å². The molecule has 0 amide bonds. The number of hydrogen-bond acceptors (Lipinski definition) is 5. The maximum atomic E-state index is 6.20. The third-order valence-corrected chi connectivity index (χ3v) is 4.41. The molecule has 122 valence electrons. The smallest absolute Gasteiger partial charge is 0.136 e. The first-order valence-electron chi connectivity index (χ1n) is 7.54. The number of ether oxygens (including phenoxy) is 1. The van der Waals surface area contributed by atoms with Crippen molar-refractivity contribution in [2.45, 2.75) is 25.9 Å². The zero-order valence-corrected chi connectivity index (χ0v) is 14.3. The van der Waals surface area contributed by atoms with Crippen LogP contribution in [-0.4, -0.2) is 29.2 Å². The summed E-state index contributed by atoms with van der Waals surface area (Å²) in [5.41, 5.74) is 0.711. The van der Waals surface area contributed by atoms with Gasteiger partial charge in [-0.2, -0.15) is 0 Å². The number of nitrogens with zero attached hydrogens (tertiary/aromatic N) is 2. The highest BCUT2D eigenvalue weighted by atomic mass is 35.5. The molecule has 1 aromatic carbocycles. The fourth-order valence-corrected chi connectivity index (χ4v) is 2.83. The van der Waals surface area contributed by atoms with Crippen LogP contribution in [0.1, 0.15) is 18.7 Å². The Hall–Kier alpha value is -1.56. The summed E-state index contributed by atoms with van der Waals surface area (Å²) < 4.78 is 5.61. The molecule has 1 atom stereocenters. The second-order valence-electron chi connectivity index (χ2n) is 5.43. The Kier molecular flexibility index (Phi) is 5.20. The Morgan fingerprint density at radius 1 is 1.26 bits per heavy atom. The van der Waals surface area contributed by atoms with Crippen LogP contribution < -0.4 is 10.6 Å². The van der Waals surface area contributed by atoms with Crippen molar-refractivity contribution in [2.24, 2.45) is 0 Å². The van der Waals surface area contributed by atoms with Gasteiger partial charge in [-0.1, -0.05) is 29.3 Å². The number of rotatable bonds is 5. The molecule has 7 heteroatoms. The van der Waals surface area contributed by atoms with E-state index in [4.69, 9.17) is 27.9 Å². The highest BCUT2D eigenvalue weighted by Crippen LogP contribution is 2.31. The Morgan fingerprint density at radius 3 is 2.87 bits per heavy atom. The number of aryl methyl sites for hydroxylation is 1. The number of nitrogens with one attached hydrogen (secondary N) is 2. The van der Waals surface area contributed by atoms with E-state index in [1.165, 1.54) is 0 Å². The molecule has 2 heterocycles. The van der Waals surface area contributed by atoms with E-state index in [1.807, 2.05) is 25.1 Å². The lowest BCUT2D eigenvalue weighted by atomic mass is 10.2. The monoisotopic (exact) mass is 352 g/mol. The molecule has 2 aromatic rings. The van der Waals surface area contributed by atoms with E-state index in [2.05, 4.69) is 20.6 Å². The van der Waals surface area contributed by atoms with Crippen LogP contribution in [0.2, 0.25) is 10.0 Å². The summed E-state index contributed by atoms with van der Waals surface area (Å²) in [5.74, 6) is 2.09. The van der Waals surface area contributed by atoms with Crippen molar-refractivity contribution in [3.63, 3.8) is 0 Å². The van der Waals surface area contributed by atoms with Crippen LogP contribution in [0.25, 0.3) is 0 Å². The molecule has 0 radical (unpaired) electrons. The van der Waals surface area contributed by atoms with Crippen LogP contribution in [-0.2, 0) is 4.74 Å². The van der Waals surface area contributed by atoms with Crippen molar-refractivity contribution >= 4 is 40.5 Å². The predicted octanol–water partition coefficient (Wildman–Crippen LogP) is 4.43. The average Bonchev–Trinajstić information content (AvgIpc) is 3.03. The zero-order chi connectivity index (χ0) is 16.2.